The molecule has 0 aliphatic heterocycles. The zero-order valence-electron chi connectivity index (χ0n) is 17.3. The van der Waals surface area contributed by atoms with Gasteiger partial charge in [0.1, 0.15) is 12.5 Å². The Labute approximate surface area is 176 Å². The molecule has 8 nitrogen and oxygen atoms in total. The number of aromatic nitrogens is 2. The van der Waals surface area contributed by atoms with Gasteiger partial charge >= 0.3 is 0 Å². The quantitative estimate of drug-likeness (QED) is 0.388. The van der Waals surface area contributed by atoms with E-state index >= 15 is 0 Å². The van der Waals surface area contributed by atoms with Gasteiger partial charge < -0.3 is 30.0 Å². The molecule has 3 aromatic rings. The summed E-state index contributed by atoms with van der Waals surface area (Å²) in [5.74, 6) is 2.52. The fourth-order valence-electron chi connectivity index (χ4n) is 2.96. The van der Waals surface area contributed by atoms with Crippen LogP contribution in [0.2, 0.25) is 0 Å². The van der Waals surface area contributed by atoms with Crippen LogP contribution < -0.4 is 25.3 Å². The summed E-state index contributed by atoms with van der Waals surface area (Å²) in [5.41, 5.74) is 8.97. The molecule has 0 unspecified atom stereocenters. The molecule has 30 heavy (non-hydrogen) atoms. The second-order valence-corrected chi connectivity index (χ2v) is 6.47. The van der Waals surface area contributed by atoms with Gasteiger partial charge in [-0.1, -0.05) is 30.3 Å². The molecule has 0 aliphatic rings. The van der Waals surface area contributed by atoms with Gasteiger partial charge in [0.15, 0.2) is 11.5 Å². The molecule has 1 heterocycles. The molecule has 3 rings (SSSR count). The third-order valence-corrected chi connectivity index (χ3v) is 4.46. The number of hydrogen-bond acceptors (Lipinski definition) is 8. The van der Waals surface area contributed by atoms with Crippen molar-refractivity contribution in [3.05, 3.63) is 65.4 Å². The highest BCUT2D eigenvalue weighted by molar-refractivity contribution is 5.55. The van der Waals surface area contributed by atoms with Crippen molar-refractivity contribution in [2.75, 3.05) is 39.1 Å². The SMILES string of the molecule is COc1cc(Cc2cnc(NCOCc3ccccc3)nc2N)cc(OC)c1OC. The zero-order chi connectivity index (χ0) is 21.3. The summed E-state index contributed by atoms with van der Waals surface area (Å²) in [6.45, 7) is 0.781. The van der Waals surface area contributed by atoms with Gasteiger partial charge in [0, 0.05) is 18.2 Å². The van der Waals surface area contributed by atoms with E-state index in [0.717, 1.165) is 16.7 Å². The van der Waals surface area contributed by atoms with Gasteiger partial charge in [-0.3, -0.25) is 0 Å². The minimum Gasteiger partial charge on any atom is -0.493 e. The van der Waals surface area contributed by atoms with E-state index in [1.165, 1.54) is 0 Å². The predicted octanol–water partition coefficient (Wildman–Crippen LogP) is 3.26. The molecule has 0 atom stereocenters. The number of nitrogens with one attached hydrogen (secondary N) is 1. The minimum absolute atomic E-state index is 0.278. The smallest absolute Gasteiger partial charge is 0.226 e. The molecule has 0 spiro atoms. The summed E-state index contributed by atoms with van der Waals surface area (Å²) in [7, 11) is 4.74. The molecule has 0 fully saturated rings. The normalized spacial score (nSPS) is 10.5. The largest absolute Gasteiger partial charge is 0.493 e. The molecule has 0 bridgehead atoms. The summed E-state index contributed by atoms with van der Waals surface area (Å²) >= 11 is 0. The number of ether oxygens (including phenoxy) is 4. The fraction of sp³-hybridized carbons (Fsp3) is 0.273. The monoisotopic (exact) mass is 410 g/mol. The zero-order valence-corrected chi connectivity index (χ0v) is 17.3. The van der Waals surface area contributed by atoms with E-state index in [1.54, 1.807) is 27.5 Å². The lowest BCUT2D eigenvalue weighted by Crippen LogP contribution is -2.11. The molecule has 0 radical (unpaired) electrons. The Morgan fingerprint density at radius 1 is 0.933 bits per heavy atom. The Hall–Kier alpha value is -3.52. The first-order valence-corrected chi connectivity index (χ1v) is 9.40. The minimum atomic E-state index is 0.278. The highest BCUT2D eigenvalue weighted by atomic mass is 16.5. The standard InChI is InChI=1S/C22H26N4O4/c1-27-18-10-16(11-19(28-2)20(18)29-3)9-17-12-24-22(26-21(17)23)25-14-30-13-15-7-5-4-6-8-15/h4-8,10-12H,9,13-14H2,1-3H3,(H3,23,24,25,26). The lowest BCUT2D eigenvalue weighted by Gasteiger charge is -2.14. The van der Waals surface area contributed by atoms with Gasteiger partial charge in [-0.25, -0.2) is 4.98 Å². The van der Waals surface area contributed by atoms with Crippen molar-refractivity contribution in [2.24, 2.45) is 0 Å². The maximum Gasteiger partial charge on any atom is 0.226 e. The number of nitrogen functional groups attached to an aromatic ring is 1. The van der Waals surface area contributed by atoms with Crippen LogP contribution in [0.15, 0.2) is 48.7 Å². The van der Waals surface area contributed by atoms with Crippen LogP contribution in [0.25, 0.3) is 0 Å². The van der Waals surface area contributed by atoms with Crippen molar-refractivity contribution < 1.29 is 18.9 Å². The van der Waals surface area contributed by atoms with Crippen molar-refractivity contribution in [1.82, 2.24) is 9.97 Å². The maximum absolute atomic E-state index is 6.14. The first-order chi connectivity index (χ1) is 14.6. The second-order valence-electron chi connectivity index (χ2n) is 6.47. The Bertz CT molecular complexity index is 942. The third-order valence-electron chi connectivity index (χ3n) is 4.46. The molecule has 8 heteroatoms. The first-order valence-electron chi connectivity index (χ1n) is 9.40. The molecule has 0 saturated heterocycles. The predicted molar refractivity (Wildman–Crippen MR) is 115 cm³/mol. The van der Waals surface area contributed by atoms with Gasteiger partial charge in [0.25, 0.3) is 0 Å². The van der Waals surface area contributed by atoms with Crippen LogP contribution in [0.5, 0.6) is 17.2 Å². The average molecular weight is 410 g/mol. The van der Waals surface area contributed by atoms with Gasteiger partial charge in [0.05, 0.1) is 27.9 Å². The molecule has 1 aromatic heterocycles. The van der Waals surface area contributed by atoms with E-state index in [4.69, 9.17) is 24.7 Å². The summed E-state index contributed by atoms with van der Waals surface area (Å²) in [4.78, 5) is 8.65. The molecule has 0 aliphatic carbocycles. The van der Waals surface area contributed by atoms with Crippen LogP contribution in [0.4, 0.5) is 11.8 Å². The lowest BCUT2D eigenvalue weighted by atomic mass is 10.1. The van der Waals surface area contributed by atoms with Crippen LogP contribution >= 0.6 is 0 Å². The average Bonchev–Trinajstić information content (AvgIpc) is 2.78. The van der Waals surface area contributed by atoms with Crippen molar-refractivity contribution in [1.29, 1.82) is 0 Å². The van der Waals surface area contributed by atoms with Crippen LogP contribution in [-0.4, -0.2) is 38.0 Å². The van der Waals surface area contributed by atoms with Crippen molar-refractivity contribution in [3.63, 3.8) is 0 Å². The van der Waals surface area contributed by atoms with Crippen molar-refractivity contribution >= 4 is 11.8 Å². The number of nitrogens with two attached hydrogens (primary N) is 1. The molecule has 3 N–H and O–H groups in total. The van der Waals surface area contributed by atoms with Crippen LogP contribution in [-0.2, 0) is 17.8 Å². The molecule has 0 amide bonds. The highest BCUT2D eigenvalue weighted by Crippen LogP contribution is 2.38. The summed E-state index contributed by atoms with van der Waals surface area (Å²) < 4.78 is 21.8. The number of methoxy groups -OCH3 is 3. The van der Waals surface area contributed by atoms with E-state index in [2.05, 4.69) is 15.3 Å². The second kappa shape index (κ2) is 10.3. The van der Waals surface area contributed by atoms with Gasteiger partial charge in [-0.05, 0) is 23.3 Å². The third kappa shape index (κ3) is 5.30. The Morgan fingerprint density at radius 2 is 1.63 bits per heavy atom. The van der Waals surface area contributed by atoms with Crippen LogP contribution in [0.3, 0.4) is 0 Å². The maximum atomic E-state index is 6.14. The van der Waals surface area contributed by atoms with E-state index in [-0.39, 0.29) is 6.73 Å². The van der Waals surface area contributed by atoms with E-state index in [9.17, 15) is 0 Å². The Morgan fingerprint density at radius 3 is 2.23 bits per heavy atom. The first kappa shape index (κ1) is 21.2. The number of hydrogen-bond donors (Lipinski definition) is 2. The number of benzene rings is 2. The van der Waals surface area contributed by atoms with Crippen LogP contribution in [0, 0.1) is 0 Å². The number of rotatable bonds is 10. The van der Waals surface area contributed by atoms with Crippen molar-refractivity contribution in [3.8, 4) is 17.2 Å². The van der Waals surface area contributed by atoms with Gasteiger partial charge in [0.2, 0.25) is 11.7 Å². The highest BCUT2D eigenvalue weighted by Gasteiger charge is 2.14. The number of nitrogens with zero attached hydrogens (tertiary/aromatic N) is 2. The summed E-state index contributed by atoms with van der Waals surface area (Å²) in [5, 5.41) is 3.02. The summed E-state index contributed by atoms with van der Waals surface area (Å²) in [6, 6.07) is 13.7. The van der Waals surface area contributed by atoms with Gasteiger partial charge in [-0.2, -0.15) is 4.98 Å². The summed E-state index contributed by atoms with van der Waals surface area (Å²) in [6.07, 6.45) is 2.22. The molecule has 0 saturated carbocycles. The topological polar surface area (TPSA) is 101 Å². The van der Waals surface area contributed by atoms with E-state index in [0.29, 0.717) is 42.0 Å². The Kier molecular flexibility index (Phi) is 7.29. The lowest BCUT2D eigenvalue weighted by molar-refractivity contribution is 0.138. The van der Waals surface area contributed by atoms with E-state index in [1.807, 2.05) is 42.5 Å². The van der Waals surface area contributed by atoms with Crippen LogP contribution in [0.1, 0.15) is 16.7 Å². The molecule has 2 aromatic carbocycles. The molecule has 158 valence electrons. The van der Waals surface area contributed by atoms with Gasteiger partial charge in [-0.15, -0.1) is 0 Å². The molecular formula is C22H26N4O4. The number of anilines is 2. The molecular weight excluding hydrogens is 384 g/mol. The Balaban J connectivity index is 1.62. The van der Waals surface area contributed by atoms with Crippen molar-refractivity contribution in [2.45, 2.75) is 13.0 Å². The fourth-order valence-corrected chi connectivity index (χ4v) is 2.96. The van der Waals surface area contributed by atoms with E-state index < -0.39 is 0 Å².